The van der Waals surface area contributed by atoms with Crippen LogP contribution in [0.25, 0.3) is 0 Å². The third-order valence-electron chi connectivity index (χ3n) is 1.97. The van der Waals surface area contributed by atoms with Gasteiger partial charge in [-0.3, -0.25) is 4.79 Å². The minimum Gasteiger partial charge on any atom is -0.350 e. The van der Waals surface area contributed by atoms with Crippen LogP contribution < -0.4 is 4.90 Å². The van der Waals surface area contributed by atoms with Crippen molar-refractivity contribution in [3.05, 3.63) is 22.8 Å². The summed E-state index contributed by atoms with van der Waals surface area (Å²) in [6, 6.07) is 3.73. The molecule has 1 heterocycles. The van der Waals surface area contributed by atoms with Crippen LogP contribution in [0, 0.1) is 0 Å². The summed E-state index contributed by atoms with van der Waals surface area (Å²) in [5, 5.41) is 0. The number of anilines is 1. The molecular formula is C10H14BrN3O. The highest BCUT2D eigenvalue weighted by molar-refractivity contribution is 9.10. The Kier molecular flexibility index (Phi) is 4.08. The van der Waals surface area contributed by atoms with Gasteiger partial charge in [-0.1, -0.05) is 15.9 Å². The lowest BCUT2D eigenvalue weighted by atomic mass is 10.4. The van der Waals surface area contributed by atoms with Crippen LogP contribution >= 0.6 is 15.9 Å². The standard InChI is InChI=1S/C10H14BrN3O/c1-13(2)10(15)7-14(3)9-6-8(11)4-5-12-9/h4-6H,7H2,1-3H3. The maximum absolute atomic E-state index is 11.5. The number of carbonyl (C=O) groups is 1. The van der Waals surface area contributed by atoms with Gasteiger partial charge in [0.1, 0.15) is 5.82 Å². The lowest BCUT2D eigenvalue weighted by Crippen LogP contribution is -2.34. The maximum atomic E-state index is 11.5. The van der Waals surface area contributed by atoms with E-state index in [4.69, 9.17) is 0 Å². The first-order valence-corrected chi connectivity index (χ1v) is 5.33. The molecule has 0 aromatic carbocycles. The van der Waals surface area contributed by atoms with Crippen molar-refractivity contribution in [2.24, 2.45) is 0 Å². The Hall–Kier alpha value is -1.10. The Morgan fingerprint density at radius 2 is 2.13 bits per heavy atom. The quantitative estimate of drug-likeness (QED) is 0.833. The molecule has 15 heavy (non-hydrogen) atoms. The molecule has 0 saturated heterocycles. The normalized spacial score (nSPS) is 9.87. The summed E-state index contributed by atoms with van der Waals surface area (Å²) in [6.07, 6.45) is 1.70. The Bertz CT molecular complexity index is 354. The van der Waals surface area contributed by atoms with Crippen molar-refractivity contribution in [3.63, 3.8) is 0 Å². The number of likely N-dealkylation sites (N-methyl/N-ethyl adjacent to an activating group) is 2. The van der Waals surface area contributed by atoms with Crippen molar-refractivity contribution in [2.75, 3.05) is 32.6 Å². The zero-order chi connectivity index (χ0) is 11.4. The molecule has 0 radical (unpaired) electrons. The van der Waals surface area contributed by atoms with Gasteiger partial charge in [-0.2, -0.15) is 0 Å². The molecule has 0 N–H and O–H groups in total. The fourth-order valence-corrected chi connectivity index (χ4v) is 1.35. The van der Waals surface area contributed by atoms with E-state index in [1.807, 2.05) is 24.1 Å². The summed E-state index contributed by atoms with van der Waals surface area (Å²) < 4.78 is 0.955. The van der Waals surface area contributed by atoms with Gasteiger partial charge >= 0.3 is 0 Å². The molecule has 0 unspecified atom stereocenters. The van der Waals surface area contributed by atoms with Crippen LogP contribution in [0.3, 0.4) is 0 Å². The first-order valence-electron chi connectivity index (χ1n) is 4.53. The molecule has 0 aliphatic carbocycles. The number of carbonyl (C=O) groups excluding carboxylic acids is 1. The molecule has 0 spiro atoms. The van der Waals surface area contributed by atoms with Crippen molar-refractivity contribution in [3.8, 4) is 0 Å². The molecule has 82 valence electrons. The molecule has 0 aliphatic heterocycles. The van der Waals surface area contributed by atoms with E-state index in [9.17, 15) is 4.79 Å². The third kappa shape index (κ3) is 3.51. The Labute approximate surface area is 98.0 Å². The molecule has 0 aliphatic rings. The number of aromatic nitrogens is 1. The summed E-state index contributed by atoms with van der Waals surface area (Å²) in [5.74, 6) is 0.832. The number of pyridine rings is 1. The van der Waals surface area contributed by atoms with E-state index < -0.39 is 0 Å². The van der Waals surface area contributed by atoms with Crippen molar-refractivity contribution >= 4 is 27.7 Å². The van der Waals surface area contributed by atoms with Gasteiger partial charge in [0.25, 0.3) is 0 Å². The lowest BCUT2D eigenvalue weighted by Gasteiger charge is -2.19. The van der Waals surface area contributed by atoms with E-state index in [1.165, 1.54) is 0 Å². The maximum Gasteiger partial charge on any atom is 0.241 e. The zero-order valence-corrected chi connectivity index (χ0v) is 10.7. The fraction of sp³-hybridized carbons (Fsp3) is 0.400. The smallest absolute Gasteiger partial charge is 0.241 e. The van der Waals surface area contributed by atoms with Crippen molar-refractivity contribution in [2.45, 2.75) is 0 Å². The second-order valence-corrected chi connectivity index (χ2v) is 4.39. The second kappa shape index (κ2) is 5.11. The number of hydrogen-bond acceptors (Lipinski definition) is 3. The van der Waals surface area contributed by atoms with Crippen molar-refractivity contribution < 1.29 is 4.79 Å². The fourth-order valence-electron chi connectivity index (χ4n) is 1.03. The molecule has 1 aromatic rings. The van der Waals surface area contributed by atoms with Crippen LogP contribution in [0.15, 0.2) is 22.8 Å². The minimum atomic E-state index is 0.0549. The average molecular weight is 272 g/mol. The van der Waals surface area contributed by atoms with Gasteiger partial charge in [-0.05, 0) is 12.1 Å². The van der Waals surface area contributed by atoms with Gasteiger partial charge in [0.05, 0.1) is 6.54 Å². The first kappa shape index (κ1) is 12.0. The van der Waals surface area contributed by atoms with Gasteiger partial charge in [0.2, 0.25) is 5.91 Å². The molecule has 1 amide bonds. The van der Waals surface area contributed by atoms with E-state index in [1.54, 1.807) is 25.2 Å². The highest BCUT2D eigenvalue weighted by Gasteiger charge is 2.09. The van der Waals surface area contributed by atoms with Gasteiger partial charge in [0, 0.05) is 31.8 Å². The van der Waals surface area contributed by atoms with Crippen LogP contribution in [0.4, 0.5) is 5.82 Å². The van der Waals surface area contributed by atoms with Crippen molar-refractivity contribution in [1.82, 2.24) is 9.88 Å². The predicted octanol–water partition coefficient (Wildman–Crippen LogP) is 1.37. The zero-order valence-electron chi connectivity index (χ0n) is 9.07. The molecule has 0 fully saturated rings. The third-order valence-corrected chi connectivity index (χ3v) is 2.46. The SMILES string of the molecule is CN(C)C(=O)CN(C)c1cc(Br)ccn1. The molecule has 0 bridgehead atoms. The number of halogens is 1. The van der Waals surface area contributed by atoms with Crippen LogP contribution in [0.5, 0.6) is 0 Å². The molecule has 0 atom stereocenters. The summed E-state index contributed by atoms with van der Waals surface area (Å²) in [4.78, 5) is 19.0. The largest absolute Gasteiger partial charge is 0.350 e. The van der Waals surface area contributed by atoms with Crippen molar-refractivity contribution in [1.29, 1.82) is 0 Å². The van der Waals surface area contributed by atoms with Crippen LogP contribution in [0.1, 0.15) is 0 Å². The number of hydrogen-bond donors (Lipinski definition) is 0. The van der Waals surface area contributed by atoms with E-state index in [2.05, 4.69) is 20.9 Å². The van der Waals surface area contributed by atoms with E-state index in [0.29, 0.717) is 6.54 Å². The minimum absolute atomic E-state index is 0.0549. The predicted molar refractivity (Wildman–Crippen MR) is 63.9 cm³/mol. The number of rotatable bonds is 3. The van der Waals surface area contributed by atoms with Crippen LogP contribution in [-0.4, -0.2) is 43.5 Å². The molecular weight excluding hydrogens is 258 g/mol. The summed E-state index contributed by atoms with van der Waals surface area (Å²) in [6.45, 7) is 0.330. The molecule has 0 saturated carbocycles. The second-order valence-electron chi connectivity index (χ2n) is 3.48. The Morgan fingerprint density at radius 1 is 1.47 bits per heavy atom. The summed E-state index contributed by atoms with van der Waals surface area (Å²) in [5.41, 5.74) is 0. The number of nitrogens with zero attached hydrogens (tertiary/aromatic N) is 3. The lowest BCUT2D eigenvalue weighted by molar-refractivity contribution is -0.127. The Balaban J connectivity index is 2.69. The van der Waals surface area contributed by atoms with Crippen LogP contribution in [0.2, 0.25) is 0 Å². The average Bonchev–Trinajstić information content (AvgIpc) is 2.17. The molecule has 1 rings (SSSR count). The van der Waals surface area contributed by atoms with Gasteiger partial charge in [0.15, 0.2) is 0 Å². The van der Waals surface area contributed by atoms with E-state index in [0.717, 1.165) is 10.3 Å². The van der Waals surface area contributed by atoms with E-state index in [-0.39, 0.29) is 5.91 Å². The topological polar surface area (TPSA) is 36.4 Å². The molecule has 1 aromatic heterocycles. The highest BCUT2D eigenvalue weighted by atomic mass is 79.9. The van der Waals surface area contributed by atoms with Gasteiger partial charge < -0.3 is 9.80 Å². The summed E-state index contributed by atoms with van der Waals surface area (Å²) >= 11 is 3.36. The highest BCUT2D eigenvalue weighted by Crippen LogP contribution is 2.15. The monoisotopic (exact) mass is 271 g/mol. The number of amides is 1. The van der Waals surface area contributed by atoms with Gasteiger partial charge in [-0.25, -0.2) is 4.98 Å². The Morgan fingerprint density at radius 3 is 2.67 bits per heavy atom. The van der Waals surface area contributed by atoms with Gasteiger partial charge in [-0.15, -0.1) is 0 Å². The van der Waals surface area contributed by atoms with E-state index >= 15 is 0 Å². The molecule has 4 nitrogen and oxygen atoms in total. The van der Waals surface area contributed by atoms with Crippen LogP contribution in [-0.2, 0) is 4.79 Å². The molecule has 5 heteroatoms. The summed E-state index contributed by atoms with van der Waals surface area (Å²) in [7, 11) is 5.32. The first-order chi connectivity index (χ1) is 7.00.